The van der Waals surface area contributed by atoms with E-state index >= 15 is 0 Å². The van der Waals surface area contributed by atoms with E-state index in [0.29, 0.717) is 0 Å². The Bertz CT molecular complexity index is 57.8. The average Bonchev–Trinajstić information content (AvgIpc) is 0.722. The molecule has 48 valence electrons. The first-order valence-electron chi connectivity index (χ1n) is 0.783. The Hall–Kier alpha value is 1.00. The van der Waals surface area contributed by atoms with Crippen molar-refractivity contribution in [3.05, 3.63) is 0 Å². The number of phosphoric acid groups is 1. The second-order valence-electron chi connectivity index (χ2n) is 0.513. The maximum atomic E-state index is 8.88. The van der Waals surface area contributed by atoms with Crippen molar-refractivity contribution in [1.82, 2.24) is 0 Å². The molecule has 0 spiro atoms. The molecule has 0 saturated heterocycles. The quantitative estimate of drug-likeness (QED) is 0.310. The minimum atomic E-state index is -4.64. The van der Waals surface area contributed by atoms with Gasteiger partial charge in [-0.3, -0.25) is 0 Å². The predicted octanol–water partition coefficient (Wildman–Crippen LogP) is -2.27. The van der Waals surface area contributed by atoms with Crippen molar-refractivity contribution in [2.45, 2.75) is 0 Å². The topological polar surface area (TPSA) is 77.8 Å². The van der Waals surface area contributed by atoms with Gasteiger partial charge in [0.05, 0.1) is 0 Å². The van der Waals surface area contributed by atoms with Gasteiger partial charge in [-0.25, -0.2) is 4.57 Å². The van der Waals surface area contributed by atoms with Gasteiger partial charge in [-0.05, 0) is 0 Å². The zero-order chi connectivity index (χ0) is 4.50. The molecule has 0 bridgehead atoms. The predicted molar refractivity (Wildman–Crippen MR) is 36.0 cm³/mol. The van der Waals surface area contributed by atoms with Crippen molar-refractivity contribution >= 4 is 38.9 Å². The van der Waals surface area contributed by atoms with Gasteiger partial charge < -0.3 is 14.7 Å². The maximum absolute atomic E-state index is 8.88. The van der Waals surface area contributed by atoms with Crippen LogP contribution in [0.2, 0.25) is 0 Å². The zero-order valence-electron chi connectivity index (χ0n) is 2.70. The summed E-state index contributed by atoms with van der Waals surface area (Å²) in [6.07, 6.45) is 0. The van der Waals surface area contributed by atoms with Gasteiger partial charge >= 0.3 is 25.4 Å². The Labute approximate surface area is 58.6 Å². The van der Waals surface area contributed by atoms with Crippen molar-refractivity contribution in [3.8, 4) is 0 Å². The molecule has 0 saturated carbocycles. The summed E-state index contributed by atoms with van der Waals surface area (Å²) < 4.78 is 8.88. The van der Waals surface area contributed by atoms with Crippen molar-refractivity contribution in [2.24, 2.45) is 0 Å². The fourth-order valence-corrected chi connectivity index (χ4v) is 0. The Morgan fingerprint density at radius 3 is 1.14 bits per heavy atom. The molecule has 7 heteroatoms. The summed E-state index contributed by atoms with van der Waals surface area (Å²) in [5.41, 5.74) is 0. The van der Waals surface area contributed by atoms with Gasteiger partial charge in [0.25, 0.3) is 0 Å². The van der Waals surface area contributed by atoms with E-state index in [4.69, 9.17) is 19.2 Å². The molecular formula is H9GeO4PS. The first-order chi connectivity index (χ1) is 2.00. The third-order valence-corrected chi connectivity index (χ3v) is 0. The van der Waals surface area contributed by atoms with Crippen LogP contribution in [0.25, 0.3) is 0 Å². The van der Waals surface area contributed by atoms with Crippen molar-refractivity contribution in [1.29, 1.82) is 0 Å². The van der Waals surface area contributed by atoms with E-state index in [1.54, 1.807) is 0 Å². The third-order valence-electron chi connectivity index (χ3n) is 0. The van der Waals surface area contributed by atoms with Crippen LogP contribution in [0.1, 0.15) is 0 Å². The van der Waals surface area contributed by atoms with Crippen molar-refractivity contribution in [3.63, 3.8) is 0 Å². The van der Waals surface area contributed by atoms with Crippen LogP contribution >= 0.6 is 21.3 Å². The average molecular weight is 209 g/mol. The first-order valence-corrected chi connectivity index (χ1v) is 2.35. The molecule has 0 rings (SSSR count). The Morgan fingerprint density at radius 1 is 1.14 bits per heavy atom. The van der Waals surface area contributed by atoms with Gasteiger partial charge in [-0.15, -0.1) is 0 Å². The molecule has 0 amide bonds. The molecule has 0 heterocycles. The molecule has 0 radical (unpaired) electrons. The molecule has 0 atom stereocenters. The summed E-state index contributed by atoms with van der Waals surface area (Å²) in [4.78, 5) is 21.6. The molecular weight excluding hydrogens is 200 g/mol. The summed E-state index contributed by atoms with van der Waals surface area (Å²) >= 11 is 0. The minimum absolute atomic E-state index is 0. The van der Waals surface area contributed by atoms with Gasteiger partial charge in [-0.1, -0.05) is 0 Å². The van der Waals surface area contributed by atoms with E-state index in [2.05, 4.69) is 0 Å². The molecule has 4 nitrogen and oxygen atoms in total. The fraction of sp³-hybridized carbons (Fsp3) is 0. The van der Waals surface area contributed by atoms with Crippen LogP contribution in [-0.2, 0) is 4.57 Å². The van der Waals surface area contributed by atoms with E-state index in [0.717, 1.165) is 0 Å². The summed E-state index contributed by atoms with van der Waals surface area (Å²) in [5, 5.41) is 0. The van der Waals surface area contributed by atoms with Gasteiger partial charge in [0, 0.05) is 0 Å². The molecule has 3 N–H and O–H groups in total. The molecule has 0 aromatic heterocycles. The summed E-state index contributed by atoms with van der Waals surface area (Å²) in [6, 6.07) is 0. The van der Waals surface area contributed by atoms with E-state index in [1.807, 2.05) is 0 Å². The van der Waals surface area contributed by atoms with Gasteiger partial charge in [0.15, 0.2) is 0 Å². The first kappa shape index (κ1) is 15.7. The molecule has 7 heavy (non-hydrogen) atoms. The normalized spacial score (nSPS) is 8.43. The van der Waals surface area contributed by atoms with Crippen LogP contribution in [0.3, 0.4) is 0 Å². The van der Waals surface area contributed by atoms with E-state index in [-0.39, 0.29) is 31.1 Å². The molecule has 0 aliphatic heterocycles. The second-order valence-corrected chi connectivity index (χ2v) is 1.54. The van der Waals surface area contributed by atoms with Gasteiger partial charge in [-0.2, -0.15) is 13.5 Å². The van der Waals surface area contributed by atoms with E-state index in [1.165, 1.54) is 0 Å². The van der Waals surface area contributed by atoms with Crippen molar-refractivity contribution < 1.29 is 19.2 Å². The van der Waals surface area contributed by atoms with E-state index < -0.39 is 7.82 Å². The summed E-state index contributed by atoms with van der Waals surface area (Å²) in [6.45, 7) is 0. The zero-order valence-corrected chi connectivity index (χ0v) is 4.59. The Morgan fingerprint density at radius 2 is 1.14 bits per heavy atom. The summed E-state index contributed by atoms with van der Waals surface area (Å²) in [7, 11) is -4.64. The van der Waals surface area contributed by atoms with Gasteiger partial charge in [0.2, 0.25) is 0 Å². The van der Waals surface area contributed by atoms with E-state index in [9.17, 15) is 0 Å². The third kappa shape index (κ3) is 174. The fourth-order valence-electron chi connectivity index (χ4n) is 0. The molecule has 0 fully saturated rings. The second kappa shape index (κ2) is 5.15. The van der Waals surface area contributed by atoms with Crippen LogP contribution in [0.5, 0.6) is 0 Å². The molecule has 0 aromatic carbocycles. The van der Waals surface area contributed by atoms with Crippen LogP contribution in [0.4, 0.5) is 0 Å². The van der Waals surface area contributed by atoms with Crippen LogP contribution in [0.15, 0.2) is 0 Å². The SMILES string of the molecule is O=P(O)(O)O.S.[GeH4]. The number of hydrogen-bond acceptors (Lipinski definition) is 1. The standard InChI is InChI=1S/GeH4.H3O4P.H2S/c;1-5(2,3)4;/h1H4;(H3,1,2,3,4);1H2. The molecule has 0 aromatic rings. The van der Waals surface area contributed by atoms with Crippen LogP contribution in [0, 0.1) is 0 Å². The molecule has 0 aliphatic carbocycles. The van der Waals surface area contributed by atoms with Gasteiger partial charge in [0.1, 0.15) is 0 Å². The molecule has 0 aliphatic rings. The van der Waals surface area contributed by atoms with Crippen molar-refractivity contribution in [2.75, 3.05) is 0 Å². The monoisotopic (exact) mass is 210 g/mol. The number of hydrogen-bond donors (Lipinski definition) is 3. The Balaban J connectivity index is -0.0000000800. The summed E-state index contributed by atoms with van der Waals surface area (Å²) in [5.74, 6) is 0. The Kier molecular flexibility index (Phi) is 11.5. The molecule has 0 unspecified atom stereocenters. The van der Waals surface area contributed by atoms with Crippen LogP contribution in [-0.4, -0.2) is 32.3 Å². The number of rotatable bonds is 0. The van der Waals surface area contributed by atoms with Crippen LogP contribution < -0.4 is 0 Å².